The van der Waals surface area contributed by atoms with Gasteiger partial charge < -0.3 is 16.0 Å². The molecule has 0 bridgehead atoms. The highest BCUT2D eigenvalue weighted by atomic mass is 15.3. The van der Waals surface area contributed by atoms with Crippen LogP contribution in [0.1, 0.15) is 46.7 Å². The molecule has 0 spiro atoms. The fraction of sp³-hybridized carbons (Fsp3) is 0.261. The van der Waals surface area contributed by atoms with E-state index in [1.165, 1.54) is 17.3 Å². The summed E-state index contributed by atoms with van der Waals surface area (Å²) < 4.78 is 1.74. The van der Waals surface area contributed by atoms with E-state index in [9.17, 15) is 5.26 Å². The normalized spacial score (nSPS) is 15.3. The molecule has 0 saturated heterocycles. The van der Waals surface area contributed by atoms with Gasteiger partial charge in [0, 0.05) is 36.4 Å². The largest absolute Gasteiger partial charge is 0.378 e. The van der Waals surface area contributed by atoms with Crippen LogP contribution in [0.2, 0.25) is 0 Å². The first-order chi connectivity index (χ1) is 14.1. The molecule has 1 heterocycles. The highest BCUT2D eigenvalue weighted by molar-refractivity contribution is 5.88. The summed E-state index contributed by atoms with van der Waals surface area (Å²) in [5.41, 5.74) is 8.03. The molecule has 29 heavy (non-hydrogen) atoms. The van der Waals surface area contributed by atoms with E-state index in [0.717, 1.165) is 53.0 Å². The molecule has 0 radical (unpaired) electrons. The summed E-state index contributed by atoms with van der Waals surface area (Å²) in [6.07, 6.45) is 8.19. The highest BCUT2D eigenvalue weighted by Crippen LogP contribution is 2.36. The van der Waals surface area contributed by atoms with E-state index in [4.69, 9.17) is 5.41 Å². The molecule has 1 unspecified atom stereocenters. The van der Waals surface area contributed by atoms with E-state index in [1.54, 1.807) is 10.9 Å². The Morgan fingerprint density at radius 1 is 1.28 bits per heavy atom. The Hall–Kier alpha value is -3.59. The first-order valence-corrected chi connectivity index (χ1v) is 9.78. The molecular formula is C23H24N6. The third-order valence-corrected chi connectivity index (χ3v) is 5.58. The molecule has 6 nitrogen and oxygen atoms in total. The van der Waals surface area contributed by atoms with E-state index in [1.807, 2.05) is 37.5 Å². The van der Waals surface area contributed by atoms with Gasteiger partial charge in [0.2, 0.25) is 0 Å². The monoisotopic (exact) mass is 384 g/mol. The average molecular weight is 384 g/mol. The standard InChI is InChI=1S/C23H24N6/c1-15-16(11-24)7-9-21-20(15)4-3-5-22(21)27-18-8-6-17(12-25)23(10-18)28-19-13-26-29(2)14-19/h6-10,12-14,22,25,27-28H,3-5H2,1-2H3. The number of hydrogen-bond acceptors (Lipinski definition) is 5. The molecule has 3 N–H and O–H groups in total. The van der Waals surface area contributed by atoms with Crippen LogP contribution in [-0.2, 0) is 13.5 Å². The maximum atomic E-state index is 9.33. The number of benzene rings is 2. The van der Waals surface area contributed by atoms with Crippen molar-refractivity contribution < 1.29 is 0 Å². The summed E-state index contributed by atoms with van der Waals surface area (Å²) in [5, 5.41) is 28.2. The van der Waals surface area contributed by atoms with Gasteiger partial charge in [-0.25, -0.2) is 0 Å². The average Bonchev–Trinajstić information content (AvgIpc) is 3.14. The van der Waals surface area contributed by atoms with Gasteiger partial charge in [-0.15, -0.1) is 0 Å². The van der Waals surface area contributed by atoms with E-state index in [2.05, 4.69) is 34.8 Å². The number of fused-ring (bicyclic) bond motifs is 1. The predicted octanol–water partition coefficient (Wildman–Crippen LogP) is 4.83. The fourth-order valence-corrected chi connectivity index (χ4v) is 4.07. The quantitative estimate of drug-likeness (QED) is 0.550. The fourth-order valence-electron chi connectivity index (χ4n) is 4.07. The molecule has 0 saturated carbocycles. The van der Waals surface area contributed by atoms with Crippen molar-refractivity contribution in [2.24, 2.45) is 7.05 Å². The molecule has 6 heteroatoms. The summed E-state index contributed by atoms with van der Waals surface area (Å²) in [6.45, 7) is 2.05. The van der Waals surface area contributed by atoms with Crippen LogP contribution in [0.15, 0.2) is 42.7 Å². The molecule has 4 rings (SSSR count). The molecule has 1 aliphatic rings. The number of aromatic nitrogens is 2. The van der Waals surface area contributed by atoms with Gasteiger partial charge in [0.15, 0.2) is 0 Å². The molecule has 2 aromatic carbocycles. The zero-order valence-corrected chi connectivity index (χ0v) is 16.7. The van der Waals surface area contributed by atoms with Crippen molar-refractivity contribution in [3.05, 3.63) is 70.5 Å². The number of nitriles is 1. The summed E-state index contributed by atoms with van der Waals surface area (Å²) >= 11 is 0. The number of hydrogen-bond donors (Lipinski definition) is 3. The van der Waals surface area contributed by atoms with Crippen LogP contribution in [-0.4, -0.2) is 16.0 Å². The lowest BCUT2D eigenvalue weighted by Crippen LogP contribution is -2.18. The number of aryl methyl sites for hydroxylation is 1. The maximum Gasteiger partial charge on any atom is 0.0994 e. The number of anilines is 3. The zero-order valence-electron chi connectivity index (χ0n) is 16.7. The van der Waals surface area contributed by atoms with Gasteiger partial charge >= 0.3 is 0 Å². The van der Waals surface area contributed by atoms with Crippen LogP contribution in [0.5, 0.6) is 0 Å². The van der Waals surface area contributed by atoms with Gasteiger partial charge in [0.25, 0.3) is 0 Å². The Morgan fingerprint density at radius 3 is 2.86 bits per heavy atom. The summed E-state index contributed by atoms with van der Waals surface area (Å²) in [6, 6.07) is 12.5. The molecular weight excluding hydrogens is 360 g/mol. The minimum absolute atomic E-state index is 0.210. The van der Waals surface area contributed by atoms with Crippen LogP contribution in [0, 0.1) is 23.7 Å². The smallest absolute Gasteiger partial charge is 0.0994 e. The second-order valence-corrected chi connectivity index (χ2v) is 7.48. The lowest BCUT2D eigenvalue weighted by atomic mass is 9.83. The highest BCUT2D eigenvalue weighted by Gasteiger charge is 2.22. The predicted molar refractivity (Wildman–Crippen MR) is 116 cm³/mol. The Morgan fingerprint density at radius 2 is 2.14 bits per heavy atom. The van der Waals surface area contributed by atoms with Crippen molar-refractivity contribution in [3.63, 3.8) is 0 Å². The molecule has 0 amide bonds. The van der Waals surface area contributed by atoms with E-state index >= 15 is 0 Å². The summed E-state index contributed by atoms with van der Waals surface area (Å²) in [5.74, 6) is 0. The first-order valence-electron chi connectivity index (χ1n) is 9.78. The minimum atomic E-state index is 0.210. The van der Waals surface area contributed by atoms with E-state index in [0.29, 0.717) is 0 Å². The lowest BCUT2D eigenvalue weighted by molar-refractivity contribution is 0.598. The van der Waals surface area contributed by atoms with Crippen LogP contribution < -0.4 is 10.6 Å². The van der Waals surface area contributed by atoms with Gasteiger partial charge in [-0.05, 0) is 67.1 Å². The topological polar surface area (TPSA) is 89.5 Å². The van der Waals surface area contributed by atoms with Crippen molar-refractivity contribution in [2.75, 3.05) is 10.6 Å². The Labute approximate surface area is 170 Å². The van der Waals surface area contributed by atoms with Gasteiger partial charge in [-0.1, -0.05) is 6.07 Å². The molecule has 1 atom stereocenters. The van der Waals surface area contributed by atoms with Crippen molar-refractivity contribution in [2.45, 2.75) is 32.2 Å². The van der Waals surface area contributed by atoms with Crippen molar-refractivity contribution in [1.82, 2.24) is 9.78 Å². The summed E-state index contributed by atoms with van der Waals surface area (Å²) in [4.78, 5) is 0. The Bertz CT molecular complexity index is 1110. The third-order valence-electron chi connectivity index (χ3n) is 5.58. The maximum absolute atomic E-state index is 9.33. The minimum Gasteiger partial charge on any atom is -0.378 e. The molecule has 3 aromatic rings. The third kappa shape index (κ3) is 3.72. The van der Waals surface area contributed by atoms with Gasteiger partial charge in [0.05, 0.1) is 29.6 Å². The molecule has 1 aliphatic carbocycles. The number of nitrogens with one attached hydrogen (secondary N) is 3. The Kier molecular flexibility index (Phi) is 5.05. The van der Waals surface area contributed by atoms with Crippen LogP contribution in [0.25, 0.3) is 0 Å². The second-order valence-electron chi connectivity index (χ2n) is 7.48. The molecule has 0 aliphatic heterocycles. The SMILES string of the molecule is Cc1c(C#N)ccc2c1CCCC2Nc1ccc(C=N)c(Nc2cnn(C)c2)c1. The van der Waals surface area contributed by atoms with Gasteiger partial charge in [0.1, 0.15) is 0 Å². The zero-order chi connectivity index (χ0) is 20.4. The molecule has 146 valence electrons. The van der Waals surface area contributed by atoms with Gasteiger partial charge in [-0.3, -0.25) is 4.68 Å². The molecule has 1 aromatic heterocycles. The second kappa shape index (κ2) is 7.80. The first kappa shape index (κ1) is 18.8. The van der Waals surface area contributed by atoms with Crippen molar-refractivity contribution in [1.29, 1.82) is 10.7 Å². The molecule has 0 fully saturated rings. The number of rotatable bonds is 5. The number of nitrogens with zero attached hydrogens (tertiary/aromatic N) is 3. The lowest BCUT2D eigenvalue weighted by Gasteiger charge is -2.29. The van der Waals surface area contributed by atoms with E-state index in [-0.39, 0.29) is 6.04 Å². The van der Waals surface area contributed by atoms with Gasteiger partial charge in [-0.2, -0.15) is 10.4 Å². The van der Waals surface area contributed by atoms with Crippen molar-refractivity contribution in [3.8, 4) is 6.07 Å². The van der Waals surface area contributed by atoms with Crippen molar-refractivity contribution >= 4 is 23.3 Å². The van der Waals surface area contributed by atoms with E-state index < -0.39 is 0 Å². The Balaban J connectivity index is 1.62. The van der Waals surface area contributed by atoms with Crippen LogP contribution in [0.3, 0.4) is 0 Å². The van der Waals surface area contributed by atoms with Crippen LogP contribution >= 0.6 is 0 Å². The summed E-state index contributed by atoms with van der Waals surface area (Å²) in [7, 11) is 1.88. The van der Waals surface area contributed by atoms with Crippen LogP contribution in [0.4, 0.5) is 17.1 Å².